The zero-order valence-corrected chi connectivity index (χ0v) is 12.1. The number of carbonyl (C=O) groups is 1. The molecule has 110 valence electrons. The fraction of sp³-hybridized carbons (Fsp3) is 0.500. The first-order valence-corrected chi connectivity index (χ1v) is 7.63. The Kier molecular flexibility index (Phi) is 4.05. The molecule has 0 saturated carbocycles. The quantitative estimate of drug-likeness (QED) is 0.813. The molecule has 20 heavy (non-hydrogen) atoms. The molecule has 2 heterocycles. The van der Waals surface area contributed by atoms with Gasteiger partial charge in [-0.2, -0.15) is 4.31 Å². The van der Waals surface area contributed by atoms with Crippen molar-refractivity contribution in [3.8, 4) is 0 Å². The molecule has 0 radical (unpaired) electrons. The highest BCUT2D eigenvalue weighted by molar-refractivity contribution is 7.89. The average molecular weight is 301 g/mol. The molecule has 1 saturated heterocycles. The van der Waals surface area contributed by atoms with Crippen LogP contribution in [0.4, 0.5) is 4.39 Å². The van der Waals surface area contributed by atoms with Gasteiger partial charge in [0.2, 0.25) is 10.9 Å². The van der Waals surface area contributed by atoms with E-state index < -0.39 is 26.9 Å². The Morgan fingerprint density at radius 2 is 2.20 bits per heavy atom. The van der Waals surface area contributed by atoms with E-state index in [0.717, 1.165) is 10.4 Å². The van der Waals surface area contributed by atoms with Gasteiger partial charge in [-0.25, -0.2) is 17.8 Å². The van der Waals surface area contributed by atoms with Gasteiger partial charge >= 0.3 is 0 Å². The summed E-state index contributed by atoms with van der Waals surface area (Å²) in [4.78, 5) is 17.0. The van der Waals surface area contributed by atoms with Gasteiger partial charge in [0.05, 0.1) is 0 Å². The predicted molar refractivity (Wildman–Crippen MR) is 69.8 cm³/mol. The summed E-state index contributed by atoms with van der Waals surface area (Å²) in [7, 11) is -0.973. The number of pyridine rings is 1. The third-order valence-corrected chi connectivity index (χ3v) is 5.05. The van der Waals surface area contributed by atoms with Crippen LogP contribution in [-0.4, -0.2) is 55.2 Å². The van der Waals surface area contributed by atoms with E-state index in [1.807, 2.05) is 0 Å². The van der Waals surface area contributed by atoms with E-state index in [1.54, 1.807) is 14.1 Å². The van der Waals surface area contributed by atoms with Crippen LogP contribution in [0.15, 0.2) is 23.4 Å². The molecule has 1 fully saturated rings. The summed E-state index contributed by atoms with van der Waals surface area (Å²) < 4.78 is 39.6. The standard InChI is InChI=1S/C12H16FN3O3S/c1-15(2)12(17)10-6-4-8-16(10)20(18,19)11-9(13)5-3-7-14-11/h3,5,7,10H,4,6,8H2,1-2H3. The second-order valence-electron chi connectivity index (χ2n) is 4.80. The van der Waals surface area contributed by atoms with Gasteiger partial charge in [-0.15, -0.1) is 0 Å². The Balaban J connectivity index is 2.39. The number of sulfonamides is 1. The summed E-state index contributed by atoms with van der Waals surface area (Å²) in [6.45, 7) is 0.197. The Labute approximate surface area is 117 Å². The van der Waals surface area contributed by atoms with Crippen LogP contribution >= 0.6 is 0 Å². The molecule has 6 nitrogen and oxygen atoms in total. The molecule has 1 aliphatic rings. The number of amides is 1. The average Bonchev–Trinajstić information content (AvgIpc) is 2.87. The molecule has 8 heteroatoms. The molecule has 1 amide bonds. The lowest BCUT2D eigenvalue weighted by Crippen LogP contribution is -2.45. The van der Waals surface area contributed by atoms with Gasteiger partial charge in [0.1, 0.15) is 6.04 Å². The number of halogens is 1. The summed E-state index contributed by atoms with van der Waals surface area (Å²) >= 11 is 0. The molecule has 1 aliphatic heterocycles. The molecule has 1 aromatic rings. The van der Waals surface area contributed by atoms with Crippen molar-refractivity contribution < 1.29 is 17.6 Å². The first-order valence-electron chi connectivity index (χ1n) is 6.19. The maximum absolute atomic E-state index is 13.7. The zero-order chi connectivity index (χ0) is 14.9. The summed E-state index contributed by atoms with van der Waals surface area (Å²) in [5, 5.41) is -0.626. The lowest BCUT2D eigenvalue weighted by atomic mass is 10.2. The molecule has 1 aromatic heterocycles. The molecular formula is C12H16FN3O3S. The number of rotatable bonds is 3. The number of likely N-dealkylation sites (N-methyl/N-ethyl adjacent to an activating group) is 1. The zero-order valence-electron chi connectivity index (χ0n) is 11.3. The lowest BCUT2D eigenvalue weighted by Gasteiger charge is -2.25. The molecular weight excluding hydrogens is 285 g/mol. The number of hydrogen-bond donors (Lipinski definition) is 0. The largest absolute Gasteiger partial charge is 0.347 e. The van der Waals surface area contributed by atoms with Gasteiger partial charge in [-0.05, 0) is 25.0 Å². The minimum absolute atomic E-state index is 0.197. The smallest absolute Gasteiger partial charge is 0.264 e. The van der Waals surface area contributed by atoms with Crippen LogP contribution < -0.4 is 0 Å². The normalized spacial score (nSPS) is 20.1. The Morgan fingerprint density at radius 1 is 1.50 bits per heavy atom. The van der Waals surface area contributed by atoms with E-state index in [-0.39, 0.29) is 12.5 Å². The monoisotopic (exact) mass is 301 g/mol. The van der Waals surface area contributed by atoms with E-state index in [0.29, 0.717) is 12.8 Å². The first kappa shape index (κ1) is 14.9. The van der Waals surface area contributed by atoms with Crippen molar-refractivity contribution >= 4 is 15.9 Å². The van der Waals surface area contributed by atoms with Crippen LogP contribution in [0, 0.1) is 5.82 Å². The molecule has 0 bridgehead atoms. The van der Waals surface area contributed by atoms with E-state index in [1.165, 1.54) is 17.2 Å². The topological polar surface area (TPSA) is 70.6 Å². The highest BCUT2D eigenvalue weighted by Crippen LogP contribution is 2.27. The molecule has 0 N–H and O–H groups in total. The molecule has 0 aromatic carbocycles. The maximum atomic E-state index is 13.7. The second kappa shape index (κ2) is 5.45. The number of carbonyl (C=O) groups excluding carboxylic acids is 1. The Morgan fingerprint density at radius 3 is 2.80 bits per heavy atom. The van der Waals surface area contributed by atoms with Crippen molar-refractivity contribution in [2.24, 2.45) is 0 Å². The number of hydrogen-bond acceptors (Lipinski definition) is 4. The van der Waals surface area contributed by atoms with Crippen LogP contribution in [0.5, 0.6) is 0 Å². The van der Waals surface area contributed by atoms with E-state index >= 15 is 0 Å². The fourth-order valence-corrected chi connectivity index (χ4v) is 3.88. The summed E-state index contributed by atoms with van der Waals surface area (Å²) in [6, 6.07) is 1.58. The summed E-state index contributed by atoms with van der Waals surface area (Å²) in [5.41, 5.74) is 0. The van der Waals surface area contributed by atoms with Crippen LogP contribution in [0.3, 0.4) is 0 Å². The third kappa shape index (κ3) is 2.53. The van der Waals surface area contributed by atoms with Gasteiger partial charge in [0.15, 0.2) is 5.82 Å². The van der Waals surface area contributed by atoms with Crippen molar-refractivity contribution in [1.82, 2.24) is 14.2 Å². The lowest BCUT2D eigenvalue weighted by molar-refractivity contribution is -0.132. The molecule has 0 aliphatic carbocycles. The van der Waals surface area contributed by atoms with Crippen molar-refractivity contribution in [2.75, 3.05) is 20.6 Å². The van der Waals surface area contributed by atoms with Crippen LogP contribution in [0.1, 0.15) is 12.8 Å². The summed E-state index contributed by atoms with van der Waals surface area (Å²) in [6.07, 6.45) is 2.22. The predicted octanol–water partition coefficient (Wildman–Crippen LogP) is 0.462. The minimum atomic E-state index is -4.10. The summed E-state index contributed by atoms with van der Waals surface area (Å²) in [5.74, 6) is -1.21. The van der Waals surface area contributed by atoms with Crippen LogP contribution in [-0.2, 0) is 14.8 Å². The van der Waals surface area contributed by atoms with E-state index in [9.17, 15) is 17.6 Å². The van der Waals surface area contributed by atoms with Gasteiger partial charge in [-0.1, -0.05) is 0 Å². The maximum Gasteiger partial charge on any atom is 0.264 e. The first-order chi connectivity index (χ1) is 9.35. The number of nitrogens with zero attached hydrogens (tertiary/aromatic N) is 3. The molecule has 1 atom stereocenters. The second-order valence-corrected chi connectivity index (χ2v) is 6.60. The third-order valence-electron chi connectivity index (χ3n) is 3.21. The molecule has 0 spiro atoms. The van der Waals surface area contributed by atoms with Gasteiger partial charge < -0.3 is 4.90 Å². The van der Waals surface area contributed by atoms with Gasteiger partial charge in [0.25, 0.3) is 10.0 Å². The SMILES string of the molecule is CN(C)C(=O)C1CCCN1S(=O)(=O)c1ncccc1F. The number of aromatic nitrogens is 1. The highest BCUT2D eigenvalue weighted by atomic mass is 32.2. The van der Waals surface area contributed by atoms with Crippen molar-refractivity contribution in [2.45, 2.75) is 23.9 Å². The van der Waals surface area contributed by atoms with Crippen LogP contribution in [0.2, 0.25) is 0 Å². The van der Waals surface area contributed by atoms with E-state index in [4.69, 9.17) is 0 Å². The highest BCUT2D eigenvalue weighted by Gasteiger charge is 2.41. The van der Waals surface area contributed by atoms with E-state index in [2.05, 4.69) is 4.98 Å². The Bertz CT molecular complexity index is 618. The van der Waals surface area contributed by atoms with Crippen molar-refractivity contribution in [1.29, 1.82) is 0 Å². The van der Waals surface area contributed by atoms with Crippen LogP contribution in [0.25, 0.3) is 0 Å². The minimum Gasteiger partial charge on any atom is -0.347 e. The molecule has 1 unspecified atom stereocenters. The fourth-order valence-electron chi connectivity index (χ4n) is 2.24. The van der Waals surface area contributed by atoms with Gasteiger partial charge in [-0.3, -0.25) is 4.79 Å². The van der Waals surface area contributed by atoms with Gasteiger partial charge in [0, 0.05) is 26.8 Å². The molecule has 2 rings (SSSR count). The van der Waals surface area contributed by atoms with Crippen molar-refractivity contribution in [3.05, 3.63) is 24.1 Å². The Hall–Kier alpha value is -1.54. The van der Waals surface area contributed by atoms with Crippen molar-refractivity contribution in [3.63, 3.8) is 0 Å².